The number of hydrogen-bond acceptors (Lipinski definition) is 3. The molecule has 0 aliphatic carbocycles. The van der Waals surface area contributed by atoms with Crippen LogP contribution in [0.5, 0.6) is 0 Å². The number of rotatable bonds is 3. The number of halogens is 1. The minimum Gasteiger partial charge on any atom is -0.453 e. The lowest BCUT2D eigenvalue weighted by atomic mass is 9.99. The van der Waals surface area contributed by atoms with Crippen LogP contribution in [0.2, 0.25) is 0 Å². The molecule has 3 nitrogen and oxygen atoms in total. The third-order valence-electron chi connectivity index (χ3n) is 3.35. The van der Waals surface area contributed by atoms with Crippen LogP contribution >= 0.6 is 27.7 Å². The number of amides is 1. The number of nitrogens with zero attached hydrogens (tertiary/aromatic N) is 1. The largest absolute Gasteiger partial charge is 0.453 e. The molecule has 0 radical (unpaired) electrons. The van der Waals surface area contributed by atoms with Crippen LogP contribution in [-0.2, 0) is 4.74 Å². The predicted molar refractivity (Wildman–Crippen MR) is 81.6 cm³/mol. The molecule has 1 aliphatic rings. The van der Waals surface area contributed by atoms with Gasteiger partial charge in [-0.2, -0.15) is 0 Å². The molecule has 0 unspecified atom stereocenters. The van der Waals surface area contributed by atoms with Gasteiger partial charge in [0.1, 0.15) is 0 Å². The van der Waals surface area contributed by atoms with E-state index >= 15 is 0 Å². The molecule has 19 heavy (non-hydrogen) atoms. The van der Waals surface area contributed by atoms with E-state index in [1.54, 1.807) is 4.90 Å². The fourth-order valence-electron chi connectivity index (χ4n) is 2.16. The van der Waals surface area contributed by atoms with Gasteiger partial charge in [0.2, 0.25) is 0 Å². The van der Waals surface area contributed by atoms with Crippen molar-refractivity contribution in [3.63, 3.8) is 0 Å². The molecule has 1 aromatic rings. The Kier molecular flexibility index (Phi) is 5.58. The van der Waals surface area contributed by atoms with E-state index in [4.69, 9.17) is 4.74 Å². The Hall–Kier alpha value is -0.680. The van der Waals surface area contributed by atoms with Crippen molar-refractivity contribution < 1.29 is 9.53 Å². The maximum absolute atomic E-state index is 11.4. The Morgan fingerprint density at radius 2 is 2.00 bits per heavy atom. The molecule has 0 bridgehead atoms. The number of thioether (sulfide) groups is 1. The van der Waals surface area contributed by atoms with Gasteiger partial charge in [0.15, 0.2) is 0 Å². The van der Waals surface area contributed by atoms with E-state index in [2.05, 4.69) is 40.2 Å². The van der Waals surface area contributed by atoms with Gasteiger partial charge >= 0.3 is 6.09 Å². The minimum absolute atomic E-state index is 0.195. The van der Waals surface area contributed by atoms with Gasteiger partial charge in [0.05, 0.1) is 7.11 Å². The molecule has 1 amide bonds. The van der Waals surface area contributed by atoms with Gasteiger partial charge in [-0.25, -0.2) is 4.79 Å². The van der Waals surface area contributed by atoms with Crippen LogP contribution < -0.4 is 0 Å². The SMILES string of the molecule is COC(=O)N1CCC(CSc2ccc(Br)cc2)CC1. The molecule has 0 aromatic heterocycles. The van der Waals surface area contributed by atoms with Crippen molar-refractivity contribution in [2.24, 2.45) is 5.92 Å². The Labute approximate surface area is 126 Å². The zero-order chi connectivity index (χ0) is 13.7. The van der Waals surface area contributed by atoms with E-state index < -0.39 is 0 Å². The summed E-state index contributed by atoms with van der Waals surface area (Å²) in [6.45, 7) is 1.64. The Bertz CT molecular complexity index is 416. The molecule has 0 atom stereocenters. The number of ether oxygens (including phenoxy) is 1. The highest BCUT2D eigenvalue weighted by Crippen LogP contribution is 2.27. The molecule has 1 aromatic carbocycles. The monoisotopic (exact) mass is 343 g/mol. The van der Waals surface area contributed by atoms with E-state index in [-0.39, 0.29) is 6.09 Å². The van der Waals surface area contributed by atoms with E-state index in [1.807, 2.05) is 11.8 Å². The molecular weight excluding hydrogens is 326 g/mol. The van der Waals surface area contributed by atoms with Gasteiger partial charge in [0.25, 0.3) is 0 Å². The van der Waals surface area contributed by atoms with Gasteiger partial charge in [-0.05, 0) is 43.0 Å². The summed E-state index contributed by atoms with van der Waals surface area (Å²) < 4.78 is 5.86. The summed E-state index contributed by atoms with van der Waals surface area (Å²) in [6.07, 6.45) is 1.94. The first-order valence-corrected chi connectivity index (χ1v) is 8.18. The van der Waals surface area contributed by atoms with Crippen LogP contribution in [0.3, 0.4) is 0 Å². The molecule has 0 spiro atoms. The second-order valence-corrected chi connectivity index (χ2v) is 6.67. The Morgan fingerprint density at radius 3 is 2.58 bits per heavy atom. The predicted octanol–water partition coefficient (Wildman–Crippen LogP) is 4.02. The first-order valence-electron chi connectivity index (χ1n) is 6.40. The summed E-state index contributed by atoms with van der Waals surface area (Å²) >= 11 is 5.34. The lowest BCUT2D eigenvalue weighted by molar-refractivity contribution is 0.108. The molecule has 0 N–H and O–H groups in total. The smallest absolute Gasteiger partial charge is 0.409 e. The van der Waals surface area contributed by atoms with Crippen LogP contribution in [0.25, 0.3) is 0 Å². The number of likely N-dealkylation sites (tertiary alicyclic amines) is 1. The molecule has 1 fully saturated rings. The van der Waals surface area contributed by atoms with Gasteiger partial charge in [-0.15, -0.1) is 11.8 Å². The maximum atomic E-state index is 11.4. The summed E-state index contributed by atoms with van der Waals surface area (Å²) in [6, 6.07) is 8.42. The van der Waals surface area contributed by atoms with E-state index in [9.17, 15) is 4.79 Å². The molecule has 1 saturated heterocycles. The van der Waals surface area contributed by atoms with Crippen LogP contribution in [0.15, 0.2) is 33.6 Å². The van der Waals surface area contributed by atoms with Crippen LogP contribution in [-0.4, -0.2) is 36.9 Å². The molecule has 1 heterocycles. The average molecular weight is 344 g/mol. The summed E-state index contributed by atoms with van der Waals surface area (Å²) in [5, 5.41) is 0. The molecule has 5 heteroatoms. The van der Waals surface area contributed by atoms with Crippen molar-refractivity contribution in [1.29, 1.82) is 0 Å². The molecule has 104 valence electrons. The summed E-state index contributed by atoms with van der Waals surface area (Å²) in [7, 11) is 1.44. The fraction of sp³-hybridized carbons (Fsp3) is 0.500. The number of methoxy groups -OCH3 is 1. The highest BCUT2D eigenvalue weighted by Gasteiger charge is 2.23. The molecule has 2 rings (SSSR count). The third kappa shape index (κ3) is 4.42. The van der Waals surface area contributed by atoms with Crippen molar-refractivity contribution in [3.05, 3.63) is 28.7 Å². The fourth-order valence-corrected chi connectivity index (χ4v) is 3.51. The van der Waals surface area contributed by atoms with Gasteiger partial charge in [-0.1, -0.05) is 15.9 Å². The number of piperidine rings is 1. The van der Waals surface area contributed by atoms with Crippen molar-refractivity contribution in [3.8, 4) is 0 Å². The number of carbonyl (C=O) groups is 1. The third-order valence-corrected chi connectivity index (χ3v) is 5.12. The van der Waals surface area contributed by atoms with E-state index in [0.717, 1.165) is 36.2 Å². The molecular formula is C14H18BrNO2S. The normalized spacial score (nSPS) is 16.4. The van der Waals surface area contributed by atoms with Crippen molar-refractivity contribution in [2.45, 2.75) is 17.7 Å². The average Bonchev–Trinajstić information content (AvgIpc) is 2.46. The van der Waals surface area contributed by atoms with Crippen LogP contribution in [0.4, 0.5) is 4.79 Å². The van der Waals surface area contributed by atoms with Crippen molar-refractivity contribution in [1.82, 2.24) is 4.90 Å². The number of benzene rings is 1. The van der Waals surface area contributed by atoms with Gasteiger partial charge < -0.3 is 9.64 Å². The van der Waals surface area contributed by atoms with Gasteiger partial charge in [-0.3, -0.25) is 0 Å². The quantitative estimate of drug-likeness (QED) is 0.776. The summed E-state index contributed by atoms with van der Waals surface area (Å²) in [5.74, 6) is 1.81. The second-order valence-electron chi connectivity index (χ2n) is 4.67. The highest BCUT2D eigenvalue weighted by molar-refractivity contribution is 9.10. The lowest BCUT2D eigenvalue weighted by Gasteiger charge is -2.30. The van der Waals surface area contributed by atoms with Crippen molar-refractivity contribution >= 4 is 33.8 Å². The molecule has 1 aliphatic heterocycles. The van der Waals surface area contributed by atoms with Crippen LogP contribution in [0, 0.1) is 5.92 Å². The maximum Gasteiger partial charge on any atom is 0.409 e. The highest BCUT2D eigenvalue weighted by atomic mass is 79.9. The van der Waals surface area contributed by atoms with E-state index in [0.29, 0.717) is 5.92 Å². The Morgan fingerprint density at radius 1 is 1.37 bits per heavy atom. The number of hydrogen-bond donors (Lipinski definition) is 0. The summed E-state index contributed by atoms with van der Waals surface area (Å²) in [5.41, 5.74) is 0. The van der Waals surface area contributed by atoms with E-state index in [1.165, 1.54) is 12.0 Å². The molecule has 0 saturated carbocycles. The van der Waals surface area contributed by atoms with Gasteiger partial charge in [0, 0.05) is 28.2 Å². The zero-order valence-electron chi connectivity index (χ0n) is 11.0. The standard InChI is InChI=1S/C14H18BrNO2S/c1-18-14(17)16-8-6-11(7-9-16)10-19-13-4-2-12(15)3-5-13/h2-5,11H,6-10H2,1H3. The minimum atomic E-state index is -0.195. The number of carbonyl (C=O) groups excluding carboxylic acids is 1. The first-order chi connectivity index (χ1) is 9.19. The van der Waals surface area contributed by atoms with Crippen molar-refractivity contribution in [2.75, 3.05) is 26.0 Å². The zero-order valence-corrected chi connectivity index (χ0v) is 13.4. The first kappa shape index (κ1) is 14.7. The lowest BCUT2D eigenvalue weighted by Crippen LogP contribution is -2.38. The van der Waals surface area contributed by atoms with Crippen LogP contribution in [0.1, 0.15) is 12.8 Å². The second kappa shape index (κ2) is 7.20. The summed E-state index contributed by atoms with van der Waals surface area (Å²) in [4.78, 5) is 14.5. The topological polar surface area (TPSA) is 29.5 Å². The Balaban J connectivity index is 1.74.